The second-order valence-electron chi connectivity index (χ2n) is 5.95. The summed E-state index contributed by atoms with van der Waals surface area (Å²) in [6.07, 6.45) is 2.72. The number of aryl methyl sites for hydroxylation is 1. The molecule has 0 saturated carbocycles. The number of rotatable bonds is 5. The Bertz CT molecular complexity index is 479. The molecule has 0 bridgehead atoms. The van der Waals surface area contributed by atoms with Crippen molar-refractivity contribution in [2.45, 2.75) is 32.3 Å². The molecule has 2 aliphatic rings. The van der Waals surface area contributed by atoms with Crippen LogP contribution in [0, 0.1) is 12.8 Å². The van der Waals surface area contributed by atoms with Gasteiger partial charge in [0.1, 0.15) is 0 Å². The lowest BCUT2D eigenvalue weighted by molar-refractivity contribution is -0.123. The second-order valence-corrected chi connectivity index (χ2v) is 5.95. The van der Waals surface area contributed by atoms with Crippen LogP contribution in [0.25, 0.3) is 0 Å². The van der Waals surface area contributed by atoms with Crippen LogP contribution in [0.5, 0.6) is 0 Å². The Hall–Kier alpha value is -1.69. The summed E-state index contributed by atoms with van der Waals surface area (Å²) in [7, 11) is 0. The van der Waals surface area contributed by atoms with Gasteiger partial charge >= 0.3 is 0 Å². The summed E-state index contributed by atoms with van der Waals surface area (Å²) in [4.78, 5) is 14.0. The molecule has 3 rings (SSSR count). The predicted octanol–water partition coefficient (Wildman–Crippen LogP) is 0.907. The van der Waals surface area contributed by atoms with Crippen LogP contribution in [0.4, 0.5) is 5.82 Å². The fourth-order valence-electron chi connectivity index (χ4n) is 2.79. The molecule has 3 heterocycles. The average Bonchev–Trinajstić information content (AvgIpc) is 2.91. The highest BCUT2D eigenvalue weighted by Crippen LogP contribution is 2.21. The van der Waals surface area contributed by atoms with E-state index in [4.69, 9.17) is 4.74 Å². The molecule has 1 amide bonds. The minimum atomic E-state index is 0.107. The number of hydrogen-bond acceptors (Lipinski definition) is 5. The molecule has 1 N–H and O–H groups in total. The molecule has 0 aromatic carbocycles. The van der Waals surface area contributed by atoms with Crippen molar-refractivity contribution in [2.24, 2.45) is 5.92 Å². The van der Waals surface area contributed by atoms with E-state index in [1.807, 2.05) is 19.1 Å². The van der Waals surface area contributed by atoms with Gasteiger partial charge in [0.05, 0.1) is 18.2 Å². The van der Waals surface area contributed by atoms with Crippen molar-refractivity contribution in [3.63, 3.8) is 0 Å². The van der Waals surface area contributed by atoms with Crippen molar-refractivity contribution in [3.8, 4) is 0 Å². The first-order chi connectivity index (χ1) is 10.2. The number of carbonyl (C=O) groups is 1. The maximum atomic E-state index is 11.8. The van der Waals surface area contributed by atoms with Crippen LogP contribution >= 0.6 is 0 Å². The van der Waals surface area contributed by atoms with E-state index in [0.717, 1.165) is 50.6 Å². The molecule has 1 atom stereocenters. The van der Waals surface area contributed by atoms with Crippen molar-refractivity contribution in [2.75, 3.05) is 31.1 Å². The molecule has 0 radical (unpaired) electrons. The minimum absolute atomic E-state index is 0.107. The van der Waals surface area contributed by atoms with Crippen LogP contribution in [-0.2, 0) is 9.53 Å². The van der Waals surface area contributed by atoms with Gasteiger partial charge < -0.3 is 15.0 Å². The second kappa shape index (κ2) is 6.39. The summed E-state index contributed by atoms with van der Waals surface area (Å²) in [6, 6.07) is 3.97. The Kier molecular flexibility index (Phi) is 4.34. The van der Waals surface area contributed by atoms with Gasteiger partial charge in [0, 0.05) is 32.2 Å². The first kappa shape index (κ1) is 14.3. The normalized spacial score (nSPS) is 22.1. The fourth-order valence-corrected chi connectivity index (χ4v) is 2.79. The van der Waals surface area contributed by atoms with E-state index in [1.165, 1.54) is 0 Å². The number of amides is 1. The summed E-state index contributed by atoms with van der Waals surface area (Å²) in [6.45, 7) is 5.32. The molecule has 0 aliphatic carbocycles. The molecule has 6 heteroatoms. The van der Waals surface area contributed by atoms with Crippen molar-refractivity contribution >= 4 is 11.7 Å². The molecule has 1 aromatic heterocycles. The van der Waals surface area contributed by atoms with Gasteiger partial charge in [0.15, 0.2) is 5.82 Å². The number of nitrogens with one attached hydrogen (secondary N) is 1. The number of carbonyl (C=O) groups excluding carboxylic acids is 1. The van der Waals surface area contributed by atoms with Crippen molar-refractivity contribution in [3.05, 3.63) is 17.8 Å². The summed E-state index contributed by atoms with van der Waals surface area (Å²) in [5.41, 5.74) is 0.928. The van der Waals surface area contributed by atoms with E-state index in [1.54, 1.807) is 0 Å². The topological polar surface area (TPSA) is 67.4 Å². The quantitative estimate of drug-likeness (QED) is 0.873. The highest BCUT2D eigenvalue weighted by molar-refractivity contribution is 5.76. The first-order valence-electron chi connectivity index (χ1n) is 7.64. The van der Waals surface area contributed by atoms with Crippen LogP contribution in [-0.4, -0.2) is 48.4 Å². The Morgan fingerprint density at radius 2 is 2.29 bits per heavy atom. The molecule has 114 valence electrons. The molecule has 0 spiro atoms. The van der Waals surface area contributed by atoms with Gasteiger partial charge in [-0.05, 0) is 31.9 Å². The largest absolute Gasteiger partial charge is 0.378 e. The zero-order valence-corrected chi connectivity index (χ0v) is 12.4. The molecular formula is C15H22N4O2. The van der Waals surface area contributed by atoms with Crippen LogP contribution in [0.3, 0.4) is 0 Å². The van der Waals surface area contributed by atoms with E-state index >= 15 is 0 Å². The van der Waals surface area contributed by atoms with Crippen molar-refractivity contribution < 1.29 is 9.53 Å². The Balaban J connectivity index is 1.35. The summed E-state index contributed by atoms with van der Waals surface area (Å²) >= 11 is 0. The molecule has 21 heavy (non-hydrogen) atoms. The molecule has 2 saturated heterocycles. The summed E-state index contributed by atoms with van der Waals surface area (Å²) < 4.78 is 5.47. The van der Waals surface area contributed by atoms with Gasteiger partial charge in [0.25, 0.3) is 0 Å². The molecule has 6 nitrogen and oxygen atoms in total. The van der Waals surface area contributed by atoms with E-state index in [0.29, 0.717) is 12.3 Å². The molecule has 2 fully saturated rings. The van der Waals surface area contributed by atoms with E-state index in [-0.39, 0.29) is 12.0 Å². The maximum absolute atomic E-state index is 11.8. The average molecular weight is 290 g/mol. The van der Waals surface area contributed by atoms with Crippen LogP contribution in [0.1, 0.15) is 25.0 Å². The molecular weight excluding hydrogens is 268 g/mol. The first-order valence-corrected chi connectivity index (χ1v) is 7.64. The summed E-state index contributed by atoms with van der Waals surface area (Å²) in [5.74, 6) is 1.53. The standard InChI is InChI=1S/C15H22N4O2/c1-11-4-5-14(18-17-11)19-9-12(10-19)8-16-15(20)7-13-3-2-6-21-13/h4-5,12-13H,2-3,6-10H2,1H3,(H,16,20). The lowest BCUT2D eigenvalue weighted by Gasteiger charge is -2.39. The van der Waals surface area contributed by atoms with Gasteiger partial charge in [-0.2, -0.15) is 5.10 Å². The third kappa shape index (κ3) is 3.69. The molecule has 2 aliphatic heterocycles. The van der Waals surface area contributed by atoms with E-state index in [9.17, 15) is 4.79 Å². The lowest BCUT2D eigenvalue weighted by Crippen LogP contribution is -2.52. The lowest BCUT2D eigenvalue weighted by atomic mass is 10.00. The molecule has 1 unspecified atom stereocenters. The van der Waals surface area contributed by atoms with E-state index < -0.39 is 0 Å². The highest BCUT2D eigenvalue weighted by Gasteiger charge is 2.28. The minimum Gasteiger partial charge on any atom is -0.378 e. The van der Waals surface area contributed by atoms with Gasteiger partial charge in [-0.1, -0.05) is 0 Å². The number of hydrogen-bond donors (Lipinski definition) is 1. The number of anilines is 1. The van der Waals surface area contributed by atoms with Crippen molar-refractivity contribution in [1.29, 1.82) is 0 Å². The Morgan fingerprint density at radius 1 is 1.43 bits per heavy atom. The smallest absolute Gasteiger partial charge is 0.222 e. The van der Waals surface area contributed by atoms with Crippen molar-refractivity contribution in [1.82, 2.24) is 15.5 Å². The predicted molar refractivity (Wildman–Crippen MR) is 79.1 cm³/mol. The van der Waals surface area contributed by atoms with E-state index in [2.05, 4.69) is 20.4 Å². The maximum Gasteiger partial charge on any atom is 0.222 e. The SMILES string of the molecule is Cc1ccc(N2CC(CNC(=O)CC3CCCO3)C2)nn1. The van der Waals surface area contributed by atoms with Gasteiger partial charge in [-0.15, -0.1) is 5.10 Å². The van der Waals surface area contributed by atoms with Gasteiger partial charge in [-0.25, -0.2) is 0 Å². The van der Waals surface area contributed by atoms with Crippen LogP contribution in [0.2, 0.25) is 0 Å². The number of nitrogens with zero attached hydrogens (tertiary/aromatic N) is 3. The van der Waals surface area contributed by atoms with Gasteiger partial charge in [0.2, 0.25) is 5.91 Å². The Labute approximate surface area is 124 Å². The van der Waals surface area contributed by atoms with Gasteiger partial charge in [-0.3, -0.25) is 4.79 Å². The monoisotopic (exact) mass is 290 g/mol. The zero-order chi connectivity index (χ0) is 14.7. The van der Waals surface area contributed by atoms with Crippen LogP contribution < -0.4 is 10.2 Å². The summed E-state index contributed by atoms with van der Waals surface area (Å²) in [5, 5.41) is 11.2. The van der Waals surface area contributed by atoms with Crippen LogP contribution in [0.15, 0.2) is 12.1 Å². The zero-order valence-electron chi connectivity index (χ0n) is 12.4. The Morgan fingerprint density at radius 3 is 2.95 bits per heavy atom. The molecule has 1 aromatic rings. The highest BCUT2D eigenvalue weighted by atomic mass is 16.5. The number of ether oxygens (including phenoxy) is 1. The number of aromatic nitrogens is 2. The fraction of sp³-hybridized carbons (Fsp3) is 0.667. The third-order valence-corrected chi connectivity index (χ3v) is 4.09. The third-order valence-electron chi connectivity index (χ3n) is 4.09.